The Balaban J connectivity index is 2.24. The van der Waals surface area contributed by atoms with Crippen LogP contribution in [-0.2, 0) is 4.79 Å². The van der Waals surface area contributed by atoms with Gasteiger partial charge in [-0.3, -0.25) is 0 Å². The van der Waals surface area contributed by atoms with Gasteiger partial charge in [-0.25, -0.2) is 4.79 Å². The van der Waals surface area contributed by atoms with Gasteiger partial charge in [0.1, 0.15) is 0 Å². The highest BCUT2D eigenvalue weighted by atomic mass is 79.9. The Labute approximate surface area is 102 Å². The van der Waals surface area contributed by atoms with Gasteiger partial charge in [0.05, 0.1) is 0 Å². The molecule has 0 spiro atoms. The molecule has 1 N–H and O–H groups in total. The van der Waals surface area contributed by atoms with Gasteiger partial charge in [-0.15, -0.1) is 0 Å². The third kappa shape index (κ3) is 2.61. The van der Waals surface area contributed by atoms with E-state index < -0.39 is 5.97 Å². The Bertz CT molecular complexity index is 469. The van der Waals surface area contributed by atoms with Crippen molar-refractivity contribution in [3.63, 3.8) is 0 Å². The first kappa shape index (κ1) is 11.1. The predicted molar refractivity (Wildman–Crippen MR) is 67.1 cm³/mol. The second-order valence-electron chi connectivity index (χ2n) is 3.73. The van der Waals surface area contributed by atoms with E-state index >= 15 is 0 Å². The molecule has 0 bridgehead atoms. The minimum absolute atomic E-state index is 0.817. The van der Waals surface area contributed by atoms with Crippen molar-refractivity contribution in [2.45, 2.75) is 12.8 Å². The van der Waals surface area contributed by atoms with Crippen LogP contribution in [0.25, 0.3) is 5.57 Å². The van der Waals surface area contributed by atoms with Crippen LogP contribution < -0.4 is 0 Å². The number of halogens is 1. The maximum absolute atomic E-state index is 10.5. The number of rotatable bonds is 2. The fourth-order valence-electron chi connectivity index (χ4n) is 1.81. The lowest BCUT2D eigenvalue weighted by molar-refractivity contribution is -0.131. The molecule has 82 valence electrons. The molecule has 0 unspecified atom stereocenters. The first-order valence-electron chi connectivity index (χ1n) is 5.05. The second-order valence-corrected chi connectivity index (χ2v) is 4.65. The highest BCUT2D eigenvalue weighted by Gasteiger charge is 2.11. The molecule has 1 aromatic carbocycles. The van der Waals surface area contributed by atoms with Crippen LogP contribution in [0.5, 0.6) is 0 Å². The third-order valence-corrected chi connectivity index (χ3v) is 3.10. The molecule has 0 atom stereocenters. The van der Waals surface area contributed by atoms with Crippen LogP contribution in [-0.4, -0.2) is 11.1 Å². The first-order valence-corrected chi connectivity index (χ1v) is 5.84. The molecule has 0 saturated carbocycles. The molecule has 2 nitrogen and oxygen atoms in total. The predicted octanol–water partition coefficient (Wildman–Crippen LogP) is 3.64. The molecular formula is C13H11BrO2. The Morgan fingerprint density at radius 1 is 1.25 bits per heavy atom. The molecule has 0 saturated heterocycles. The molecule has 0 aliphatic heterocycles. The number of hydrogen-bond donors (Lipinski definition) is 1. The van der Waals surface area contributed by atoms with Gasteiger partial charge in [0, 0.05) is 10.5 Å². The van der Waals surface area contributed by atoms with Crippen LogP contribution in [0.15, 0.2) is 46.5 Å². The minimum atomic E-state index is -0.872. The lowest BCUT2D eigenvalue weighted by atomic mass is 10.1. The van der Waals surface area contributed by atoms with E-state index in [-0.39, 0.29) is 0 Å². The van der Waals surface area contributed by atoms with Crippen molar-refractivity contribution in [2.75, 3.05) is 0 Å². The summed E-state index contributed by atoms with van der Waals surface area (Å²) in [5.74, 6) is -0.872. The highest BCUT2D eigenvalue weighted by Crippen LogP contribution is 2.31. The van der Waals surface area contributed by atoms with Crippen molar-refractivity contribution in [1.29, 1.82) is 0 Å². The highest BCUT2D eigenvalue weighted by molar-refractivity contribution is 9.10. The van der Waals surface area contributed by atoms with E-state index in [0.29, 0.717) is 0 Å². The van der Waals surface area contributed by atoms with Crippen LogP contribution >= 0.6 is 15.9 Å². The first-order chi connectivity index (χ1) is 7.65. The molecule has 1 aliphatic rings. The summed E-state index contributed by atoms with van der Waals surface area (Å²) in [6.07, 6.45) is 4.99. The summed E-state index contributed by atoms with van der Waals surface area (Å²) < 4.78 is 1.05. The number of carboxylic acid groups (broad SMARTS) is 1. The number of carbonyl (C=O) groups is 1. The summed E-state index contributed by atoms with van der Waals surface area (Å²) in [6, 6.07) is 8.07. The zero-order valence-corrected chi connectivity index (χ0v) is 10.2. The zero-order chi connectivity index (χ0) is 11.5. The monoisotopic (exact) mass is 278 g/mol. The maximum atomic E-state index is 10.5. The van der Waals surface area contributed by atoms with E-state index in [1.807, 2.05) is 30.3 Å². The zero-order valence-electron chi connectivity index (χ0n) is 8.61. The molecule has 3 heteroatoms. The molecule has 1 aromatic rings. The maximum Gasteiger partial charge on any atom is 0.328 e. The second kappa shape index (κ2) is 4.66. The Morgan fingerprint density at radius 3 is 2.56 bits per heavy atom. The normalized spacial score (nSPS) is 17.6. The minimum Gasteiger partial charge on any atom is -0.478 e. The number of hydrogen-bond acceptors (Lipinski definition) is 1. The summed E-state index contributed by atoms with van der Waals surface area (Å²) in [5.41, 5.74) is 3.27. The van der Waals surface area contributed by atoms with Crippen molar-refractivity contribution < 1.29 is 9.90 Å². The van der Waals surface area contributed by atoms with Gasteiger partial charge in [0.2, 0.25) is 0 Å². The van der Waals surface area contributed by atoms with Gasteiger partial charge < -0.3 is 5.11 Å². The van der Waals surface area contributed by atoms with Gasteiger partial charge in [-0.05, 0) is 41.7 Å². The van der Waals surface area contributed by atoms with Crippen molar-refractivity contribution in [2.24, 2.45) is 0 Å². The van der Waals surface area contributed by atoms with E-state index in [1.54, 1.807) is 0 Å². The van der Waals surface area contributed by atoms with E-state index in [0.717, 1.165) is 28.5 Å². The summed E-state index contributed by atoms with van der Waals surface area (Å²) in [4.78, 5) is 10.5. The lowest BCUT2D eigenvalue weighted by Gasteiger charge is -2.00. The quantitative estimate of drug-likeness (QED) is 0.839. The summed E-state index contributed by atoms with van der Waals surface area (Å²) in [7, 11) is 0. The number of aliphatic carboxylic acids is 1. The van der Waals surface area contributed by atoms with Gasteiger partial charge in [0.15, 0.2) is 0 Å². The molecular weight excluding hydrogens is 268 g/mol. The van der Waals surface area contributed by atoms with E-state index in [4.69, 9.17) is 5.11 Å². The number of benzene rings is 1. The van der Waals surface area contributed by atoms with Crippen molar-refractivity contribution in [3.05, 3.63) is 52.0 Å². The molecule has 0 radical (unpaired) electrons. The Morgan fingerprint density at radius 2 is 1.94 bits per heavy atom. The standard InChI is InChI=1S/C13H11BrO2/c14-12-5-3-10(4-6-12)11-2-1-9(7-11)8-13(15)16/h3-8H,1-2H2,(H,15,16)/b9-8+. The van der Waals surface area contributed by atoms with Gasteiger partial charge in [-0.2, -0.15) is 0 Å². The molecule has 2 rings (SSSR count). The average molecular weight is 279 g/mol. The summed E-state index contributed by atoms with van der Waals surface area (Å²) in [5, 5.41) is 8.66. The van der Waals surface area contributed by atoms with Crippen LogP contribution in [0.3, 0.4) is 0 Å². The largest absolute Gasteiger partial charge is 0.478 e. The van der Waals surface area contributed by atoms with E-state index in [2.05, 4.69) is 15.9 Å². The van der Waals surface area contributed by atoms with Gasteiger partial charge in [0.25, 0.3) is 0 Å². The van der Waals surface area contributed by atoms with Crippen molar-refractivity contribution >= 4 is 27.5 Å². The van der Waals surface area contributed by atoms with Crippen molar-refractivity contribution in [1.82, 2.24) is 0 Å². The number of allylic oxidation sites excluding steroid dienone is 3. The number of carboxylic acids is 1. The molecule has 0 heterocycles. The topological polar surface area (TPSA) is 37.3 Å². The lowest BCUT2D eigenvalue weighted by Crippen LogP contribution is -1.88. The van der Waals surface area contributed by atoms with Crippen LogP contribution in [0.1, 0.15) is 18.4 Å². The van der Waals surface area contributed by atoms with Gasteiger partial charge in [-0.1, -0.05) is 34.1 Å². The smallest absolute Gasteiger partial charge is 0.328 e. The SMILES string of the molecule is O=C(O)/C=C1/C=C(c2ccc(Br)cc2)CC1. The molecule has 0 fully saturated rings. The fourth-order valence-corrected chi connectivity index (χ4v) is 2.08. The van der Waals surface area contributed by atoms with Crippen LogP contribution in [0, 0.1) is 0 Å². The Kier molecular flexibility index (Phi) is 3.25. The third-order valence-electron chi connectivity index (χ3n) is 2.57. The van der Waals surface area contributed by atoms with Crippen LogP contribution in [0.4, 0.5) is 0 Å². The van der Waals surface area contributed by atoms with E-state index in [1.165, 1.54) is 11.6 Å². The summed E-state index contributed by atoms with van der Waals surface area (Å²) >= 11 is 3.39. The van der Waals surface area contributed by atoms with E-state index in [9.17, 15) is 4.79 Å². The molecule has 0 aromatic heterocycles. The molecule has 0 amide bonds. The molecule has 16 heavy (non-hydrogen) atoms. The Hall–Kier alpha value is -1.35. The van der Waals surface area contributed by atoms with Crippen molar-refractivity contribution in [3.8, 4) is 0 Å². The average Bonchev–Trinajstić information content (AvgIpc) is 2.66. The fraction of sp³-hybridized carbons (Fsp3) is 0.154. The van der Waals surface area contributed by atoms with Crippen LogP contribution in [0.2, 0.25) is 0 Å². The van der Waals surface area contributed by atoms with Gasteiger partial charge >= 0.3 is 5.97 Å². The summed E-state index contributed by atoms with van der Waals surface area (Å²) in [6.45, 7) is 0. The molecule has 1 aliphatic carbocycles.